The van der Waals surface area contributed by atoms with Gasteiger partial charge in [0.2, 0.25) is 15.9 Å². The van der Waals surface area contributed by atoms with Gasteiger partial charge >= 0.3 is 0 Å². The number of amides is 1. The maximum atomic E-state index is 13.1. The van der Waals surface area contributed by atoms with Gasteiger partial charge in [-0.2, -0.15) is 4.72 Å². The Kier molecular flexibility index (Phi) is 6.91. The molecule has 0 saturated carbocycles. The van der Waals surface area contributed by atoms with Gasteiger partial charge in [0.1, 0.15) is 17.7 Å². The lowest BCUT2D eigenvalue weighted by Gasteiger charge is -2.19. The first-order valence-electron chi connectivity index (χ1n) is 9.17. The van der Waals surface area contributed by atoms with Crippen molar-refractivity contribution in [2.24, 2.45) is 0 Å². The van der Waals surface area contributed by atoms with Crippen molar-refractivity contribution in [1.82, 2.24) is 10.0 Å². The zero-order valence-electron chi connectivity index (χ0n) is 15.9. The van der Waals surface area contributed by atoms with Gasteiger partial charge in [0.25, 0.3) is 0 Å². The molecular weight excluding hydrogens is 410 g/mol. The van der Waals surface area contributed by atoms with Crippen LogP contribution >= 0.6 is 0 Å². The van der Waals surface area contributed by atoms with E-state index in [-0.39, 0.29) is 23.7 Å². The Labute approximate surface area is 173 Å². The molecule has 0 spiro atoms. The largest absolute Gasteiger partial charge is 0.351 e. The molecule has 0 saturated heterocycles. The molecule has 5 nitrogen and oxygen atoms in total. The molecule has 0 radical (unpaired) electrons. The molecular formula is C22H20F2N2O3S. The second-order valence-corrected chi connectivity index (χ2v) is 8.38. The van der Waals surface area contributed by atoms with E-state index < -0.39 is 27.8 Å². The summed E-state index contributed by atoms with van der Waals surface area (Å²) >= 11 is 0. The summed E-state index contributed by atoms with van der Waals surface area (Å²) in [7, 11) is -4.06. The van der Waals surface area contributed by atoms with E-state index in [0.29, 0.717) is 5.56 Å². The van der Waals surface area contributed by atoms with Gasteiger partial charge in [-0.25, -0.2) is 17.2 Å². The molecule has 1 atom stereocenters. The van der Waals surface area contributed by atoms with Crippen LogP contribution < -0.4 is 10.0 Å². The van der Waals surface area contributed by atoms with Crippen molar-refractivity contribution in [3.63, 3.8) is 0 Å². The lowest BCUT2D eigenvalue weighted by molar-refractivity contribution is -0.122. The van der Waals surface area contributed by atoms with Crippen LogP contribution in [-0.4, -0.2) is 20.4 Å². The number of carbonyl (C=O) groups excluding carboxylic acids is 1. The van der Waals surface area contributed by atoms with Crippen LogP contribution in [0.25, 0.3) is 0 Å². The average molecular weight is 430 g/mol. The first kappa shape index (κ1) is 21.6. The summed E-state index contributed by atoms with van der Waals surface area (Å²) in [6.07, 6.45) is 0.122. The van der Waals surface area contributed by atoms with Gasteiger partial charge in [0.05, 0.1) is 4.90 Å². The molecule has 0 bridgehead atoms. The van der Waals surface area contributed by atoms with Gasteiger partial charge in [0.15, 0.2) is 0 Å². The second kappa shape index (κ2) is 9.60. The molecule has 3 rings (SSSR count). The van der Waals surface area contributed by atoms with E-state index in [9.17, 15) is 22.0 Å². The highest BCUT2D eigenvalue weighted by Gasteiger charge is 2.26. The fourth-order valence-electron chi connectivity index (χ4n) is 2.82. The van der Waals surface area contributed by atoms with Crippen LogP contribution in [0.15, 0.2) is 83.8 Å². The van der Waals surface area contributed by atoms with Gasteiger partial charge in [-0.15, -0.1) is 0 Å². The van der Waals surface area contributed by atoms with Crippen molar-refractivity contribution in [1.29, 1.82) is 0 Å². The van der Waals surface area contributed by atoms with Crippen LogP contribution in [0.4, 0.5) is 8.78 Å². The van der Waals surface area contributed by atoms with E-state index in [1.807, 2.05) is 6.07 Å². The zero-order valence-corrected chi connectivity index (χ0v) is 16.7. The Morgan fingerprint density at radius 1 is 0.800 bits per heavy atom. The number of sulfonamides is 1. The van der Waals surface area contributed by atoms with Gasteiger partial charge < -0.3 is 5.32 Å². The summed E-state index contributed by atoms with van der Waals surface area (Å²) in [5, 5.41) is 2.67. The molecule has 1 amide bonds. The Morgan fingerprint density at radius 3 is 1.97 bits per heavy atom. The molecule has 8 heteroatoms. The Hall–Kier alpha value is -3.10. The first-order chi connectivity index (χ1) is 14.3. The minimum Gasteiger partial charge on any atom is -0.351 e. The fourth-order valence-corrected chi connectivity index (χ4v) is 4.02. The van der Waals surface area contributed by atoms with E-state index in [0.717, 1.165) is 29.8 Å². The van der Waals surface area contributed by atoms with Crippen molar-refractivity contribution < 1.29 is 22.0 Å². The Balaban J connectivity index is 1.77. The third-order valence-electron chi connectivity index (χ3n) is 4.40. The van der Waals surface area contributed by atoms with Crippen molar-refractivity contribution in [3.05, 3.63) is 102 Å². The SMILES string of the molecule is O=C(NCc1ccc(F)cc1)[C@@H](Cc1ccccc1)NS(=O)(=O)c1ccc(F)cc1. The maximum absolute atomic E-state index is 13.1. The van der Waals surface area contributed by atoms with Gasteiger partial charge in [-0.3, -0.25) is 4.79 Å². The highest BCUT2D eigenvalue weighted by atomic mass is 32.2. The second-order valence-electron chi connectivity index (χ2n) is 6.66. The van der Waals surface area contributed by atoms with Crippen molar-refractivity contribution in [2.45, 2.75) is 23.9 Å². The fraction of sp³-hybridized carbons (Fsp3) is 0.136. The molecule has 0 aliphatic rings. The summed E-state index contributed by atoms with van der Waals surface area (Å²) in [4.78, 5) is 12.6. The van der Waals surface area contributed by atoms with Crippen LogP contribution in [0, 0.1) is 11.6 Å². The lowest BCUT2D eigenvalue weighted by atomic mass is 10.1. The lowest BCUT2D eigenvalue weighted by Crippen LogP contribution is -2.47. The standard InChI is InChI=1S/C22H20F2N2O3S/c23-18-8-6-17(7-9-18)15-25-22(27)21(14-16-4-2-1-3-5-16)26-30(28,29)20-12-10-19(24)11-13-20/h1-13,21,26H,14-15H2,(H,25,27)/t21-/m1/s1. The molecule has 0 heterocycles. The minimum absolute atomic E-state index is 0.114. The van der Waals surface area contributed by atoms with E-state index in [4.69, 9.17) is 0 Å². The van der Waals surface area contributed by atoms with Crippen LogP contribution in [0.1, 0.15) is 11.1 Å². The van der Waals surface area contributed by atoms with Gasteiger partial charge in [-0.05, 0) is 53.9 Å². The van der Waals surface area contributed by atoms with Crippen molar-refractivity contribution in [2.75, 3.05) is 0 Å². The smallest absolute Gasteiger partial charge is 0.241 e. The number of hydrogen-bond acceptors (Lipinski definition) is 3. The van der Waals surface area contributed by atoms with Gasteiger partial charge in [-0.1, -0.05) is 42.5 Å². The quantitative estimate of drug-likeness (QED) is 0.577. The minimum atomic E-state index is -4.06. The number of nitrogens with one attached hydrogen (secondary N) is 2. The zero-order chi connectivity index (χ0) is 21.6. The summed E-state index contributed by atoms with van der Waals surface area (Å²) in [6, 6.07) is 17.8. The number of benzene rings is 3. The molecule has 0 aliphatic carbocycles. The number of halogens is 2. The normalized spacial score (nSPS) is 12.3. The predicted molar refractivity (Wildman–Crippen MR) is 109 cm³/mol. The number of rotatable bonds is 8. The van der Waals surface area contributed by atoms with Crippen LogP contribution in [0.5, 0.6) is 0 Å². The van der Waals surface area contributed by atoms with Crippen LogP contribution in [-0.2, 0) is 27.8 Å². The molecule has 3 aromatic carbocycles. The van der Waals surface area contributed by atoms with Crippen LogP contribution in [0.3, 0.4) is 0 Å². The van der Waals surface area contributed by atoms with Crippen molar-refractivity contribution in [3.8, 4) is 0 Å². The number of carbonyl (C=O) groups is 1. The summed E-state index contributed by atoms with van der Waals surface area (Å²) in [5.41, 5.74) is 1.44. The first-order valence-corrected chi connectivity index (χ1v) is 10.7. The molecule has 3 aromatic rings. The molecule has 0 unspecified atom stereocenters. The van der Waals surface area contributed by atoms with E-state index in [1.54, 1.807) is 24.3 Å². The molecule has 30 heavy (non-hydrogen) atoms. The highest BCUT2D eigenvalue weighted by Crippen LogP contribution is 2.13. The van der Waals surface area contributed by atoms with E-state index in [1.165, 1.54) is 24.3 Å². The third kappa shape index (κ3) is 5.95. The predicted octanol–water partition coefficient (Wildman–Crippen LogP) is 3.17. The maximum Gasteiger partial charge on any atom is 0.241 e. The van der Waals surface area contributed by atoms with Crippen LogP contribution in [0.2, 0.25) is 0 Å². The van der Waals surface area contributed by atoms with E-state index >= 15 is 0 Å². The van der Waals surface area contributed by atoms with Crippen molar-refractivity contribution >= 4 is 15.9 Å². The summed E-state index contributed by atoms with van der Waals surface area (Å²) < 4.78 is 54.0. The van der Waals surface area contributed by atoms with E-state index in [2.05, 4.69) is 10.0 Å². The molecule has 156 valence electrons. The molecule has 0 aromatic heterocycles. The topological polar surface area (TPSA) is 75.3 Å². The molecule has 0 aliphatic heterocycles. The average Bonchev–Trinajstić information content (AvgIpc) is 2.73. The Bertz CT molecular complexity index is 1090. The third-order valence-corrected chi connectivity index (χ3v) is 5.89. The number of hydrogen-bond donors (Lipinski definition) is 2. The van der Waals surface area contributed by atoms with Gasteiger partial charge in [0, 0.05) is 6.54 Å². The Morgan fingerprint density at radius 2 is 1.37 bits per heavy atom. The summed E-state index contributed by atoms with van der Waals surface area (Å²) in [6.45, 7) is 0.114. The highest BCUT2D eigenvalue weighted by molar-refractivity contribution is 7.89. The monoisotopic (exact) mass is 430 g/mol. The summed E-state index contributed by atoms with van der Waals surface area (Å²) in [5.74, 6) is -1.49. The molecule has 2 N–H and O–H groups in total. The molecule has 0 fully saturated rings.